The van der Waals surface area contributed by atoms with Crippen molar-refractivity contribution in [1.29, 1.82) is 0 Å². The maximum absolute atomic E-state index is 4.74. The lowest BCUT2D eigenvalue weighted by molar-refractivity contribution is 0.267. The molecular weight excluding hydrogens is 479 g/mol. The van der Waals surface area contributed by atoms with Crippen LogP contribution >= 0.6 is 24.0 Å². The van der Waals surface area contributed by atoms with Gasteiger partial charge in [0.1, 0.15) is 12.2 Å². The first-order valence-electron chi connectivity index (χ1n) is 10.3. The van der Waals surface area contributed by atoms with Crippen molar-refractivity contribution in [3.05, 3.63) is 42.2 Å². The number of aliphatic imine (C=N–C) groups is 1. The van der Waals surface area contributed by atoms with Gasteiger partial charge in [0.25, 0.3) is 0 Å². The van der Waals surface area contributed by atoms with Gasteiger partial charge in [0.05, 0.1) is 12.2 Å². The fourth-order valence-electron chi connectivity index (χ4n) is 3.62. The van der Waals surface area contributed by atoms with Crippen LogP contribution in [0.4, 0.5) is 0 Å². The minimum atomic E-state index is 0. The molecule has 3 rings (SSSR count). The molecule has 0 aromatic carbocycles. The summed E-state index contributed by atoms with van der Waals surface area (Å²) in [7, 11) is 0. The molecule has 1 aliphatic heterocycles. The number of nitrogens with one attached hydrogen (secondary N) is 2. The highest BCUT2D eigenvalue weighted by atomic mass is 127. The van der Waals surface area contributed by atoms with Gasteiger partial charge in [-0.1, -0.05) is 19.9 Å². The minimum absolute atomic E-state index is 0. The first-order chi connectivity index (χ1) is 13.8. The Hall–Kier alpha value is -1.75. The molecule has 0 aliphatic carbocycles. The normalized spacial score (nSPS) is 17.2. The molecule has 160 valence electrons. The number of guanidine groups is 1. The predicted octanol–water partition coefficient (Wildman–Crippen LogP) is 2.07. The van der Waals surface area contributed by atoms with E-state index in [2.05, 4.69) is 49.1 Å². The van der Waals surface area contributed by atoms with E-state index in [-0.39, 0.29) is 24.0 Å². The van der Waals surface area contributed by atoms with Gasteiger partial charge in [0.15, 0.2) is 5.96 Å². The summed E-state index contributed by atoms with van der Waals surface area (Å²) in [5.41, 5.74) is 0.965. The zero-order valence-corrected chi connectivity index (χ0v) is 19.7. The molecular formula is C20H33IN8. The summed E-state index contributed by atoms with van der Waals surface area (Å²) in [6.07, 6.45) is 7.00. The van der Waals surface area contributed by atoms with Crippen molar-refractivity contribution in [2.45, 2.75) is 52.2 Å². The number of halogens is 1. The standard InChI is InChI=1S/C20H32N8.HI/c1-3-19-26-25-16-28(19)13-11-22-20(23-14-17-8-5-6-10-21-17)24-15-18-9-7-12-27(18)4-2;/h5-6,8,10,16,18H,3-4,7,9,11-15H2,1-2H3,(H2,22,23,24);1H. The molecule has 0 bridgehead atoms. The first-order valence-corrected chi connectivity index (χ1v) is 10.3. The van der Waals surface area contributed by atoms with Crippen molar-refractivity contribution >= 4 is 29.9 Å². The van der Waals surface area contributed by atoms with E-state index in [0.717, 1.165) is 50.1 Å². The van der Waals surface area contributed by atoms with E-state index in [1.54, 1.807) is 12.5 Å². The summed E-state index contributed by atoms with van der Waals surface area (Å²) in [6.45, 7) is 9.68. The van der Waals surface area contributed by atoms with Crippen LogP contribution in [0.25, 0.3) is 0 Å². The molecule has 1 saturated heterocycles. The van der Waals surface area contributed by atoms with Crippen LogP contribution in [-0.2, 0) is 19.5 Å². The van der Waals surface area contributed by atoms with E-state index in [1.165, 1.54) is 19.4 Å². The largest absolute Gasteiger partial charge is 0.355 e. The van der Waals surface area contributed by atoms with Gasteiger partial charge in [-0.3, -0.25) is 9.88 Å². The van der Waals surface area contributed by atoms with Crippen LogP contribution in [0.2, 0.25) is 0 Å². The Labute approximate surface area is 190 Å². The lowest BCUT2D eigenvalue weighted by Crippen LogP contribution is -2.45. The summed E-state index contributed by atoms with van der Waals surface area (Å²) in [5, 5.41) is 15.1. The molecule has 1 atom stereocenters. The third-order valence-electron chi connectivity index (χ3n) is 5.19. The first kappa shape index (κ1) is 23.5. The van der Waals surface area contributed by atoms with Crippen LogP contribution in [0.3, 0.4) is 0 Å². The number of hydrogen-bond acceptors (Lipinski definition) is 5. The number of likely N-dealkylation sites (N-methyl/N-ethyl adjacent to an activating group) is 1. The van der Waals surface area contributed by atoms with E-state index in [1.807, 2.05) is 18.2 Å². The second kappa shape index (κ2) is 12.7. The lowest BCUT2D eigenvalue weighted by atomic mass is 10.2. The van der Waals surface area contributed by atoms with Gasteiger partial charge in [-0.15, -0.1) is 34.2 Å². The summed E-state index contributed by atoms with van der Waals surface area (Å²) in [4.78, 5) is 11.6. The monoisotopic (exact) mass is 512 g/mol. The highest BCUT2D eigenvalue weighted by Crippen LogP contribution is 2.15. The highest BCUT2D eigenvalue weighted by molar-refractivity contribution is 14.0. The zero-order valence-electron chi connectivity index (χ0n) is 17.4. The number of nitrogens with zero attached hydrogens (tertiary/aromatic N) is 6. The van der Waals surface area contributed by atoms with Crippen molar-refractivity contribution in [3.63, 3.8) is 0 Å². The molecule has 1 fully saturated rings. The molecule has 0 amide bonds. The Balaban J connectivity index is 0.00000300. The molecule has 1 aliphatic rings. The van der Waals surface area contributed by atoms with E-state index >= 15 is 0 Å². The van der Waals surface area contributed by atoms with E-state index in [9.17, 15) is 0 Å². The van der Waals surface area contributed by atoms with E-state index < -0.39 is 0 Å². The lowest BCUT2D eigenvalue weighted by Gasteiger charge is -2.24. The number of hydrogen-bond donors (Lipinski definition) is 2. The van der Waals surface area contributed by atoms with Gasteiger partial charge < -0.3 is 15.2 Å². The molecule has 2 N–H and O–H groups in total. The molecule has 29 heavy (non-hydrogen) atoms. The van der Waals surface area contributed by atoms with E-state index in [0.29, 0.717) is 12.6 Å². The number of pyridine rings is 1. The maximum atomic E-state index is 4.74. The number of aromatic nitrogens is 4. The van der Waals surface area contributed by atoms with Gasteiger partial charge in [0, 0.05) is 38.3 Å². The van der Waals surface area contributed by atoms with Crippen molar-refractivity contribution in [3.8, 4) is 0 Å². The zero-order chi connectivity index (χ0) is 19.6. The molecule has 1 unspecified atom stereocenters. The molecule has 3 heterocycles. The fourth-order valence-corrected chi connectivity index (χ4v) is 3.62. The molecule has 0 saturated carbocycles. The Morgan fingerprint density at radius 1 is 1.28 bits per heavy atom. The molecule has 8 nitrogen and oxygen atoms in total. The average Bonchev–Trinajstić information content (AvgIpc) is 3.39. The number of aryl methyl sites for hydroxylation is 1. The molecule has 2 aromatic heterocycles. The summed E-state index contributed by atoms with van der Waals surface area (Å²) < 4.78 is 2.08. The quantitative estimate of drug-likeness (QED) is 0.304. The molecule has 0 spiro atoms. The van der Waals surface area contributed by atoms with Crippen molar-refractivity contribution in [2.24, 2.45) is 4.99 Å². The van der Waals surface area contributed by atoms with Gasteiger partial charge >= 0.3 is 0 Å². The molecule has 2 aromatic rings. The topological polar surface area (TPSA) is 83.3 Å². The van der Waals surface area contributed by atoms with Crippen LogP contribution in [0.1, 0.15) is 38.2 Å². The third kappa shape index (κ3) is 7.22. The number of rotatable bonds is 9. The second-order valence-corrected chi connectivity index (χ2v) is 7.01. The predicted molar refractivity (Wildman–Crippen MR) is 126 cm³/mol. The fraction of sp³-hybridized carbons (Fsp3) is 0.600. The van der Waals surface area contributed by atoms with Gasteiger partial charge in [-0.2, -0.15) is 0 Å². The van der Waals surface area contributed by atoms with E-state index in [4.69, 9.17) is 4.99 Å². The van der Waals surface area contributed by atoms with Crippen LogP contribution in [0.5, 0.6) is 0 Å². The summed E-state index contributed by atoms with van der Waals surface area (Å²) in [6, 6.07) is 6.50. The third-order valence-corrected chi connectivity index (χ3v) is 5.19. The molecule has 9 heteroatoms. The maximum Gasteiger partial charge on any atom is 0.191 e. The minimum Gasteiger partial charge on any atom is -0.355 e. The summed E-state index contributed by atoms with van der Waals surface area (Å²) in [5.74, 6) is 1.84. The van der Waals surface area contributed by atoms with Gasteiger partial charge in [0.2, 0.25) is 0 Å². The summed E-state index contributed by atoms with van der Waals surface area (Å²) >= 11 is 0. The van der Waals surface area contributed by atoms with Crippen molar-refractivity contribution in [1.82, 2.24) is 35.3 Å². The van der Waals surface area contributed by atoms with Crippen molar-refractivity contribution < 1.29 is 0 Å². The smallest absolute Gasteiger partial charge is 0.191 e. The van der Waals surface area contributed by atoms with Crippen LogP contribution in [0, 0.1) is 0 Å². The SMILES string of the molecule is CCc1nncn1CCNC(=NCc1ccccn1)NCC1CCCN1CC.I. The van der Waals surface area contributed by atoms with Gasteiger partial charge in [-0.25, -0.2) is 4.99 Å². The highest BCUT2D eigenvalue weighted by Gasteiger charge is 2.22. The van der Waals surface area contributed by atoms with Crippen LogP contribution in [0.15, 0.2) is 35.7 Å². The Morgan fingerprint density at radius 2 is 2.17 bits per heavy atom. The number of likely N-dealkylation sites (tertiary alicyclic amines) is 1. The van der Waals surface area contributed by atoms with Crippen LogP contribution < -0.4 is 10.6 Å². The Bertz CT molecular complexity index is 733. The Kier molecular flexibility index (Phi) is 10.3. The average molecular weight is 512 g/mol. The second-order valence-electron chi connectivity index (χ2n) is 7.01. The van der Waals surface area contributed by atoms with Crippen molar-refractivity contribution in [2.75, 3.05) is 26.2 Å². The Morgan fingerprint density at radius 3 is 2.93 bits per heavy atom. The van der Waals surface area contributed by atoms with Gasteiger partial charge in [-0.05, 0) is 38.1 Å². The molecule has 0 radical (unpaired) electrons. The van der Waals surface area contributed by atoms with Crippen LogP contribution in [-0.4, -0.2) is 62.8 Å².